The molecule has 0 radical (unpaired) electrons. The largest absolute Gasteiger partial charge is 0.322 e. The Kier molecular flexibility index (Phi) is 4.34. The van der Waals surface area contributed by atoms with Crippen molar-refractivity contribution in [1.82, 2.24) is 0 Å². The van der Waals surface area contributed by atoms with Crippen LogP contribution < -0.4 is 5.32 Å². The van der Waals surface area contributed by atoms with Crippen LogP contribution in [0.5, 0.6) is 0 Å². The molecule has 1 N–H and O–H groups in total. The first-order chi connectivity index (χ1) is 9.60. The molecular weight excluding hydrogens is 279 g/mol. The van der Waals surface area contributed by atoms with Crippen LogP contribution in [0.2, 0.25) is 5.02 Å². The van der Waals surface area contributed by atoms with E-state index in [1.807, 2.05) is 6.07 Å². The van der Waals surface area contributed by atoms with Gasteiger partial charge in [-0.25, -0.2) is 4.39 Å². The lowest BCUT2D eigenvalue weighted by atomic mass is 10.1. The van der Waals surface area contributed by atoms with Gasteiger partial charge in [0.05, 0.1) is 17.5 Å². The van der Waals surface area contributed by atoms with Gasteiger partial charge in [-0.15, -0.1) is 0 Å². The molecule has 0 atom stereocenters. The smallest absolute Gasteiger partial charge is 0.255 e. The summed E-state index contributed by atoms with van der Waals surface area (Å²) in [4.78, 5) is 12.0. The molecule has 20 heavy (non-hydrogen) atoms. The van der Waals surface area contributed by atoms with Crippen molar-refractivity contribution in [2.24, 2.45) is 0 Å². The average Bonchev–Trinajstić information content (AvgIpc) is 2.43. The van der Waals surface area contributed by atoms with E-state index in [-0.39, 0.29) is 17.4 Å². The molecule has 0 saturated carbocycles. The number of nitrogens with zero attached hydrogens (tertiary/aromatic N) is 1. The lowest BCUT2D eigenvalue weighted by molar-refractivity contribution is 0.102. The van der Waals surface area contributed by atoms with E-state index >= 15 is 0 Å². The van der Waals surface area contributed by atoms with Gasteiger partial charge >= 0.3 is 0 Å². The van der Waals surface area contributed by atoms with Gasteiger partial charge in [-0.1, -0.05) is 23.7 Å². The SMILES string of the molecule is N#CCc1cccc(C(=O)Nc2ccc(F)c(Cl)c2)c1. The Hall–Kier alpha value is -2.38. The minimum atomic E-state index is -0.541. The molecular formula is C15H10ClFN2O. The molecule has 0 aliphatic heterocycles. The predicted molar refractivity (Wildman–Crippen MR) is 75.1 cm³/mol. The quantitative estimate of drug-likeness (QED) is 0.934. The monoisotopic (exact) mass is 288 g/mol. The maximum absolute atomic E-state index is 13.0. The molecule has 1 amide bonds. The van der Waals surface area contributed by atoms with Gasteiger partial charge < -0.3 is 5.32 Å². The van der Waals surface area contributed by atoms with Gasteiger partial charge in [0.25, 0.3) is 5.91 Å². The number of carbonyl (C=O) groups is 1. The number of anilines is 1. The second-order valence-corrected chi connectivity index (χ2v) is 4.53. The van der Waals surface area contributed by atoms with Crippen molar-refractivity contribution in [3.63, 3.8) is 0 Å². The summed E-state index contributed by atoms with van der Waals surface area (Å²) in [6.07, 6.45) is 0.240. The number of benzene rings is 2. The molecule has 0 aliphatic rings. The Labute approximate surface area is 120 Å². The molecule has 0 heterocycles. The summed E-state index contributed by atoms with van der Waals surface area (Å²) >= 11 is 5.65. The highest BCUT2D eigenvalue weighted by molar-refractivity contribution is 6.31. The van der Waals surface area contributed by atoms with E-state index < -0.39 is 5.82 Å². The number of halogens is 2. The standard InChI is InChI=1S/C15H10ClFN2O/c16-13-9-12(4-5-14(13)17)19-15(20)11-3-1-2-10(8-11)6-7-18/h1-5,8-9H,6H2,(H,19,20). The third-order valence-electron chi connectivity index (χ3n) is 2.65. The molecule has 0 aromatic heterocycles. The molecule has 0 fully saturated rings. The van der Waals surface area contributed by atoms with Gasteiger partial charge in [-0.2, -0.15) is 5.26 Å². The Morgan fingerprint density at radius 2 is 2.10 bits per heavy atom. The van der Waals surface area contributed by atoms with Crippen LogP contribution in [-0.4, -0.2) is 5.91 Å². The molecule has 0 bridgehead atoms. The second kappa shape index (κ2) is 6.18. The third-order valence-corrected chi connectivity index (χ3v) is 2.94. The van der Waals surface area contributed by atoms with E-state index in [1.54, 1.807) is 24.3 Å². The molecule has 2 aromatic carbocycles. The molecule has 0 saturated heterocycles. The van der Waals surface area contributed by atoms with Crippen molar-refractivity contribution in [3.05, 3.63) is 64.4 Å². The van der Waals surface area contributed by atoms with Crippen molar-refractivity contribution in [2.45, 2.75) is 6.42 Å². The number of nitrogens with one attached hydrogen (secondary N) is 1. The van der Waals surface area contributed by atoms with E-state index in [0.29, 0.717) is 11.3 Å². The summed E-state index contributed by atoms with van der Waals surface area (Å²) in [6.45, 7) is 0. The third kappa shape index (κ3) is 3.34. The number of carbonyl (C=O) groups excluding carboxylic acids is 1. The number of rotatable bonds is 3. The van der Waals surface area contributed by atoms with Crippen LogP contribution in [0.3, 0.4) is 0 Å². The summed E-state index contributed by atoms with van der Waals surface area (Å²) in [5, 5.41) is 11.2. The summed E-state index contributed by atoms with van der Waals surface area (Å²) in [5.74, 6) is -0.881. The minimum absolute atomic E-state index is 0.0546. The molecule has 0 spiro atoms. The van der Waals surface area contributed by atoms with E-state index in [9.17, 15) is 9.18 Å². The summed E-state index contributed by atoms with van der Waals surface area (Å²) in [7, 11) is 0. The maximum Gasteiger partial charge on any atom is 0.255 e. The zero-order valence-corrected chi connectivity index (χ0v) is 11.1. The Morgan fingerprint density at radius 1 is 1.30 bits per heavy atom. The van der Waals surface area contributed by atoms with Crippen molar-refractivity contribution in [2.75, 3.05) is 5.32 Å². The van der Waals surface area contributed by atoms with Crippen LogP contribution in [0.15, 0.2) is 42.5 Å². The van der Waals surface area contributed by atoms with Crippen molar-refractivity contribution >= 4 is 23.2 Å². The van der Waals surface area contributed by atoms with Crippen LogP contribution in [0.1, 0.15) is 15.9 Å². The fourth-order valence-corrected chi connectivity index (χ4v) is 1.87. The van der Waals surface area contributed by atoms with E-state index in [4.69, 9.17) is 16.9 Å². The Balaban J connectivity index is 2.17. The van der Waals surface area contributed by atoms with Gasteiger partial charge in [0.2, 0.25) is 0 Å². The topological polar surface area (TPSA) is 52.9 Å². The molecule has 2 rings (SSSR count). The second-order valence-electron chi connectivity index (χ2n) is 4.12. The Morgan fingerprint density at radius 3 is 2.80 bits per heavy atom. The van der Waals surface area contributed by atoms with Crippen LogP contribution >= 0.6 is 11.6 Å². The van der Waals surface area contributed by atoms with E-state index in [2.05, 4.69) is 5.32 Å². The average molecular weight is 289 g/mol. The molecule has 0 unspecified atom stereocenters. The van der Waals surface area contributed by atoms with Crippen LogP contribution in [0.25, 0.3) is 0 Å². The molecule has 3 nitrogen and oxygen atoms in total. The van der Waals surface area contributed by atoms with Gasteiger partial charge in [-0.3, -0.25) is 4.79 Å². The highest BCUT2D eigenvalue weighted by atomic mass is 35.5. The predicted octanol–water partition coefficient (Wildman–Crippen LogP) is 3.80. The first-order valence-electron chi connectivity index (χ1n) is 5.82. The van der Waals surface area contributed by atoms with Crippen molar-refractivity contribution in [3.8, 4) is 6.07 Å². The van der Waals surface area contributed by atoms with E-state index in [0.717, 1.165) is 5.56 Å². The lowest BCUT2D eigenvalue weighted by Gasteiger charge is -2.07. The molecule has 5 heteroatoms. The minimum Gasteiger partial charge on any atom is -0.322 e. The highest BCUT2D eigenvalue weighted by Crippen LogP contribution is 2.20. The number of amides is 1. The summed E-state index contributed by atoms with van der Waals surface area (Å²) < 4.78 is 13.0. The number of hydrogen-bond acceptors (Lipinski definition) is 2. The number of nitriles is 1. The van der Waals surface area contributed by atoms with Crippen molar-refractivity contribution < 1.29 is 9.18 Å². The summed E-state index contributed by atoms with van der Waals surface area (Å²) in [6, 6.07) is 12.7. The lowest BCUT2D eigenvalue weighted by Crippen LogP contribution is -2.12. The fourth-order valence-electron chi connectivity index (χ4n) is 1.69. The normalized spacial score (nSPS) is 9.85. The van der Waals surface area contributed by atoms with Crippen LogP contribution in [0, 0.1) is 17.1 Å². The fraction of sp³-hybridized carbons (Fsp3) is 0.0667. The maximum atomic E-state index is 13.0. The Bertz CT molecular complexity index is 695. The van der Waals surface area contributed by atoms with Crippen molar-refractivity contribution in [1.29, 1.82) is 5.26 Å². The zero-order valence-electron chi connectivity index (χ0n) is 10.4. The zero-order chi connectivity index (χ0) is 14.5. The van der Waals surface area contributed by atoms with Gasteiger partial charge in [0.1, 0.15) is 5.82 Å². The molecule has 2 aromatic rings. The van der Waals surface area contributed by atoms with Gasteiger partial charge in [0.15, 0.2) is 0 Å². The summed E-state index contributed by atoms with van der Waals surface area (Å²) in [5.41, 5.74) is 1.60. The van der Waals surface area contributed by atoms with Gasteiger partial charge in [-0.05, 0) is 35.9 Å². The first-order valence-corrected chi connectivity index (χ1v) is 6.20. The highest BCUT2D eigenvalue weighted by Gasteiger charge is 2.08. The number of hydrogen-bond donors (Lipinski definition) is 1. The van der Waals surface area contributed by atoms with Crippen LogP contribution in [0.4, 0.5) is 10.1 Å². The first kappa shape index (κ1) is 14.0. The molecule has 0 aliphatic carbocycles. The van der Waals surface area contributed by atoms with E-state index in [1.165, 1.54) is 18.2 Å². The van der Waals surface area contributed by atoms with Crippen LogP contribution in [-0.2, 0) is 6.42 Å². The molecule has 100 valence electrons. The van der Waals surface area contributed by atoms with Gasteiger partial charge in [0, 0.05) is 11.3 Å².